The van der Waals surface area contributed by atoms with Crippen LogP contribution in [0.25, 0.3) is 11.3 Å². The van der Waals surface area contributed by atoms with Crippen LogP contribution in [0.15, 0.2) is 102 Å². The summed E-state index contributed by atoms with van der Waals surface area (Å²) in [5.41, 5.74) is 10.4. The lowest BCUT2D eigenvalue weighted by Gasteiger charge is -2.39. The normalized spacial score (nSPS) is 16.7. The van der Waals surface area contributed by atoms with E-state index in [1.54, 1.807) is 47.3 Å². The number of ketones is 1. The maximum atomic E-state index is 13.8. The number of nitro benzene ring substituents is 1. The van der Waals surface area contributed by atoms with Crippen LogP contribution in [0.4, 0.5) is 11.4 Å². The van der Waals surface area contributed by atoms with E-state index in [9.17, 15) is 20.2 Å². The number of benzene rings is 3. The van der Waals surface area contributed by atoms with E-state index < -0.39 is 10.8 Å². The van der Waals surface area contributed by atoms with Gasteiger partial charge in [-0.3, -0.25) is 24.5 Å². The van der Waals surface area contributed by atoms with Crippen molar-refractivity contribution in [3.05, 3.63) is 133 Å². The Bertz CT molecular complexity index is 1870. The number of rotatable bonds is 6. The number of nitrogens with zero attached hydrogens (tertiary/aromatic N) is 5. The number of aromatic nitrogens is 2. The van der Waals surface area contributed by atoms with Gasteiger partial charge in [-0.2, -0.15) is 10.4 Å². The molecule has 214 valence electrons. The van der Waals surface area contributed by atoms with Crippen molar-refractivity contribution >= 4 is 40.4 Å². The summed E-state index contributed by atoms with van der Waals surface area (Å²) in [5, 5.41) is 28.4. The number of Topliss-reactive ketones (excluding diaryl/α,β-unsaturated/α-hetero) is 1. The van der Waals surface area contributed by atoms with Gasteiger partial charge in [0.05, 0.1) is 34.7 Å². The van der Waals surface area contributed by atoms with Gasteiger partial charge in [-0.15, -0.1) is 0 Å². The molecule has 6 rings (SSSR count). The Morgan fingerprint density at radius 1 is 1.02 bits per heavy atom. The van der Waals surface area contributed by atoms with Crippen LogP contribution in [-0.4, -0.2) is 20.5 Å². The first-order chi connectivity index (χ1) is 20.8. The van der Waals surface area contributed by atoms with Gasteiger partial charge in [0.1, 0.15) is 11.5 Å². The zero-order valence-corrected chi connectivity index (χ0v) is 24.2. The molecule has 0 saturated heterocycles. The van der Waals surface area contributed by atoms with Crippen LogP contribution in [0, 0.1) is 21.4 Å². The molecular weight excluding hydrogens is 587 g/mol. The van der Waals surface area contributed by atoms with Gasteiger partial charge in [-0.1, -0.05) is 71.7 Å². The minimum atomic E-state index is -0.836. The summed E-state index contributed by atoms with van der Waals surface area (Å²) in [6.07, 6.45) is 3.08. The summed E-state index contributed by atoms with van der Waals surface area (Å²) < 4.78 is 1.69. The van der Waals surface area contributed by atoms with Gasteiger partial charge < -0.3 is 5.73 Å². The summed E-state index contributed by atoms with van der Waals surface area (Å²) in [7, 11) is 0. The van der Waals surface area contributed by atoms with E-state index in [1.165, 1.54) is 11.0 Å². The third-order valence-corrected chi connectivity index (χ3v) is 8.47. The highest BCUT2D eigenvalue weighted by molar-refractivity contribution is 6.36. The number of hydrogen-bond donors (Lipinski definition) is 1. The SMILES string of the molecule is N#CC1=C(N)N(c2ccccc2[N+](=O)[O-])C2=C(C(=O)CCC2)[C@@H]1c1cn(Cc2c(Cl)cccc2Cl)nc1-c1ccccc1. The topological polar surface area (TPSA) is 131 Å². The number of anilines is 1. The molecule has 11 heteroatoms. The Balaban J connectivity index is 1.59. The van der Waals surface area contributed by atoms with E-state index >= 15 is 0 Å². The van der Waals surface area contributed by atoms with Crippen LogP contribution in [0.3, 0.4) is 0 Å². The van der Waals surface area contributed by atoms with Crippen molar-refractivity contribution in [3.8, 4) is 17.3 Å². The molecule has 2 heterocycles. The molecule has 1 aliphatic heterocycles. The molecule has 43 heavy (non-hydrogen) atoms. The summed E-state index contributed by atoms with van der Waals surface area (Å²) in [6, 6.07) is 23.1. The molecule has 0 radical (unpaired) electrons. The Morgan fingerprint density at radius 3 is 2.42 bits per heavy atom. The zero-order valence-electron chi connectivity index (χ0n) is 22.7. The van der Waals surface area contributed by atoms with Gasteiger partial charge >= 0.3 is 0 Å². The molecule has 1 atom stereocenters. The molecule has 0 bridgehead atoms. The number of allylic oxidation sites excluding steroid dienone is 3. The number of carbonyl (C=O) groups excluding carboxylic acids is 1. The smallest absolute Gasteiger partial charge is 0.293 e. The molecule has 2 aliphatic rings. The van der Waals surface area contributed by atoms with Crippen LogP contribution in [0.5, 0.6) is 0 Å². The average molecular weight is 611 g/mol. The third-order valence-electron chi connectivity index (χ3n) is 7.76. The van der Waals surface area contributed by atoms with Crippen LogP contribution < -0.4 is 10.6 Å². The molecule has 9 nitrogen and oxygen atoms in total. The molecular formula is C32H24Cl2N6O3. The first-order valence-corrected chi connectivity index (χ1v) is 14.3. The molecule has 0 amide bonds. The first-order valence-electron chi connectivity index (χ1n) is 13.5. The van der Waals surface area contributed by atoms with Crippen molar-refractivity contribution in [1.82, 2.24) is 9.78 Å². The number of nitro groups is 1. The third kappa shape index (κ3) is 4.95. The minimum absolute atomic E-state index is 0.0381. The highest BCUT2D eigenvalue weighted by atomic mass is 35.5. The number of nitriles is 1. The van der Waals surface area contributed by atoms with Gasteiger partial charge in [-0.05, 0) is 31.0 Å². The fourth-order valence-corrected chi connectivity index (χ4v) is 6.39. The predicted octanol–water partition coefficient (Wildman–Crippen LogP) is 7.12. The standard InChI is InChI=1S/C32H24Cl2N6O3/c33-23-10-6-11-24(34)21(23)17-38-18-22(31(37-38)19-8-2-1-3-9-19)29-20(16-35)32(36)39(27-14-7-15-28(41)30(27)29)25-12-4-5-13-26(25)40(42)43/h1-6,8-13,18,29H,7,14-15,17,36H2/t29-/m0/s1. The fourth-order valence-electron chi connectivity index (χ4n) is 5.88. The lowest BCUT2D eigenvalue weighted by Crippen LogP contribution is -2.39. The maximum Gasteiger partial charge on any atom is 0.293 e. The van der Waals surface area contributed by atoms with Gasteiger partial charge in [0.15, 0.2) is 5.78 Å². The first kappa shape index (κ1) is 28.2. The van der Waals surface area contributed by atoms with E-state index in [1.807, 2.05) is 30.3 Å². The van der Waals surface area contributed by atoms with E-state index in [0.29, 0.717) is 51.0 Å². The lowest BCUT2D eigenvalue weighted by atomic mass is 9.75. The summed E-state index contributed by atoms with van der Waals surface area (Å²) in [6.45, 7) is 0.244. The van der Waals surface area contributed by atoms with Gasteiger partial charge in [0.2, 0.25) is 0 Å². The fraction of sp³-hybridized carbons (Fsp3) is 0.156. The highest BCUT2D eigenvalue weighted by Gasteiger charge is 2.43. The Kier molecular flexibility index (Phi) is 7.48. The Labute approximate surface area is 257 Å². The molecule has 0 spiro atoms. The number of hydrogen-bond acceptors (Lipinski definition) is 7. The van der Waals surface area contributed by atoms with Crippen molar-refractivity contribution in [2.45, 2.75) is 31.7 Å². The van der Waals surface area contributed by atoms with Gasteiger partial charge in [0, 0.05) is 56.7 Å². The number of para-hydroxylation sites is 2. The second kappa shape index (κ2) is 11.4. The summed E-state index contributed by atoms with van der Waals surface area (Å²) in [4.78, 5) is 26.7. The maximum absolute atomic E-state index is 13.8. The van der Waals surface area contributed by atoms with E-state index in [2.05, 4.69) is 6.07 Å². The van der Waals surface area contributed by atoms with Crippen LogP contribution in [-0.2, 0) is 11.3 Å². The summed E-state index contributed by atoms with van der Waals surface area (Å²) in [5.74, 6) is -0.940. The van der Waals surface area contributed by atoms with Gasteiger partial charge in [-0.25, -0.2) is 0 Å². The molecule has 3 aromatic carbocycles. The number of halogens is 2. The second-order valence-corrected chi connectivity index (χ2v) is 11.1. The van der Waals surface area contributed by atoms with Gasteiger partial charge in [0.25, 0.3) is 5.69 Å². The molecule has 0 fully saturated rings. The summed E-state index contributed by atoms with van der Waals surface area (Å²) >= 11 is 13.0. The second-order valence-electron chi connectivity index (χ2n) is 10.3. The van der Waals surface area contributed by atoms with Crippen LogP contribution in [0.1, 0.15) is 36.3 Å². The monoisotopic (exact) mass is 610 g/mol. The van der Waals surface area contributed by atoms with E-state index in [-0.39, 0.29) is 41.5 Å². The molecule has 2 N–H and O–H groups in total. The van der Waals surface area contributed by atoms with Crippen molar-refractivity contribution in [3.63, 3.8) is 0 Å². The Morgan fingerprint density at radius 2 is 1.72 bits per heavy atom. The van der Waals surface area contributed by atoms with Crippen molar-refractivity contribution in [2.75, 3.05) is 4.90 Å². The number of nitrogens with two attached hydrogens (primary N) is 1. The molecule has 0 saturated carbocycles. The van der Waals surface area contributed by atoms with Crippen LogP contribution in [0.2, 0.25) is 10.0 Å². The van der Waals surface area contributed by atoms with E-state index in [4.69, 9.17) is 34.0 Å². The van der Waals surface area contributed by atoms with Crippen molar-refractivity contribution in [2.24, 2.45) is 5.73 Å². The lowest BCUT2D eigenvalue weighted by molar-refractivity contribution is -0.384. The largest absolute Gasteiger partial charge is 0.384 e. The van der Waals surface area contributed by atoms with Crippen molar-refractivity contribution < 1.29 is 9.72 Å². The molecule has 1 aromatic heterocycles. The molecule has 0 unspecified atom stereocenters. The quantitative estimate of drug-likeness (QED) is 0.181. The van der Waals surface area contributed by atoms with E-state index in [0.717, 1.165) is 5.56 Å². The molecule has 4 aromatic rings. The average Bonchev–Trinajstić information content (AvgIpc) is 3.42. The van der Waals surface area contributed by atoms with Crippen molar-refractivity contribution in [1.29, 1.82) is 5.26 Å². The highest BCUT2D eigenvalue weighted by Crippen LogP contribution is 2.49. The predicted molar refractivity (Wildman–Crippen MR) is 164 cm³/mol. The zero-order chi connectivity index (χ0) is 30.2. The Hall–Kier alpha value is -4.91. The molecule has 1 aliphatic carbocycles. The minimum Gasteiger partial charge on any atom is -0.384 e. The number of carbonyl (C=O) groups is 1. The van der Waals surface area contributed by atoms with Crippen LogP contribution >= 0.6 is 23.2 Å².